The van der Waals surface area contributed by atoms with Crippen molar-refractivity contribution in [2.24, 2.45) is 0 Å². The quantitative estimate of drug-likeness (QED) is 0.142. The fraction of sp³-hybridized carbons (Fsp3) is 1.00. The Morgan fingerprint density at radius 3 is 1.04 bits per heavy atom. The molecule has 0 aromatic rings. The summed E-state index contributed by atoms with van der Waals surface area (Å²) in [5, 5.41) is 0. The SMILES string of the molecule is CCCCCCCCP(=O)(O)CC.CCCCCCCCP(=O)(O)CC.[Fe]. The first-order valence-electron chi connectivity index (χ1n) is 10.9. The van der Waals surface area contributed by atoms with Gasteiger partial charge in [0.15, 0.2) is 14.7 Å². The van der Waals surface area contributed by atoms with Gasteiger partial charge in [0.1, 0.15) is 0 Å². The van der Waals surface area contributed by atoms with Crippen molar-refractivity contribution in [2.75, 3.05) is 24.6 Å². The average molecular weight is 468 g/mol. The third-order valence-electron chi connectivity index (χ3n) is 4.71. The first-order valence-corrected chi connectivity index (χ1v) is 14.9. The molecule has 0 amide bonds. The van der Waals surface area contributed by atoms with Gasteiger partial charge in [0.2, 0.25) is 0 Å². The molecule has 7 heteroatoms. The fourth-order valence-electron chi connectivity index (χ4n) is 2.59. The fourth-order valence-corrected chi connectivity index (χ4v) is 4.66. The van der Waals surface area contributed by atoms with Gasteiger partial charge in [-0.05, 0) is 12.8 Å². The van der Waals surface area contributed by atoms with E-state index in [-0.39, 0.29) is 17.1 Å². The van der Waals surface area contributed by atoms with Crippen LogP contribution < -0.4 is 0 Å². The maximum absolute atomic E-state index is 11.2. The van der Waals surface area contributed by atoms with Gasteiger partial charge in [-0.2, -0.15) is 0 Å². The molecule has 2 unspecified atom stereocenters. The van der Waals surface area contributed by atoms with E-state index in [1.165, 1.54) is 51.4 Å². The Kier molecular flexibility index (Phi) is 26.1. The molecular weight excluding hydrogens is 422 g/mol. The molecule has 0 aliphatic rings. The summed E-state index contributed by atoms with van der Waals surface area (Å²) >= 11 is 0. The zero-order valence-electron chi connectivity index (χ0n) is 18.3. The molecule has 2 atom stereocenters. The van der Waals surface area contributed by atoms with Crippen LogP contribution >= 0.6 is 14.7 Å². The molecular formula is C20H46FeO4P2. The van der Waals surface area contributed by atoms with Crippen LogP contribution in [0.2, 0.25) is 0 Å². The number of unbranched alkanes of at least 4 members (excludes halogenated alkanes) is 10. The minimum atomic E-state index is -2.73. The zero-order chi connectivity index (χ0) is 20.3. The van der Waals surface area contributed by atoms with Crippen LogP contribution in [-0.4, -0.2) is 34.4 Å². The van der Waals surface area contributed by atoms with Gasteiger partial charge in [0.25, 0.3) is 0 Å². The molecule has 0 aliphatic carbocycles. The summed E-state index contributed by atoms with van der Waals surface area (Å²) < 4.78 is 22.5. The molecule has 0 aliphatic heterocycles. The molecule has 0 saturated heterocycles. The Balaban J connectivity index is -0.000000411. The first-order chi connectivity index (χ1) is 12.2. The normalized spacial score (nSPS) is 15.0. The number of hydrogen-bond acceptors (Lipinski definition) is 2. The molecule has 0 fully saturated rings. The van der Waals surface area contributed by atoms with Crippen molar-refractivity contribution < 1.29 is 36.0 Å². The standard InChI is InChI=1S/2C10H23O2P.Fe/c2*1-3-5-6-7-8-9-10-13(11,12)4-2;/h2*3-10H2,1-2H3,(H,11,12);. The third kappa shape index (κ3) is 26.9. The average Bonchev–Trinajstić information content (AvgIpc) is 2.61. The minimum Gasteiger partial charge on any atom is -0.344 e. The summed E-state index contributed by atoms with van der Waals surface area (Å²) in [4.78, 5) is 18.6. The van der Waals surface area contributed by atoms with Gasteiger partial charge in [0, 0.05) is 41.7 Å². The van der Waals surface area contributed by atoms with Crippen molar-refractivity contribution in [3.05, 3.63) is 0 Å². The van der Waals surface area contributed by atoms with Crippen molar-refractivity contribution in [1.82, 2.24) is 0 Å². The van der Waals surface area contributed by atoms with Crippen molar-refractivity contribution in [3.63, 3.8) is 0 Å². The van der Waals surface area contributed by atoms with Gasteiger partial charge in [-0.15, -0.1) is 0 Å². The Bertz CT molecular complexity index is 356. The number of rotatable bonds is 16. The molecule has 0 aromatic heterocycles. The van der Waals surface area contributed by atoms with Crippen LogP contribution in [0, 0.1) is 0 Å². The van der Waals surface area contributed by atoms with Crippen molar-refractivity contribution in [2.45, 2.75) is 105 Å². The molecule has 168 valence electrons. The molecule has 0 spiro atoms. The van der Waals surface area contributed by atoms with Gasteiger partial charge in [0.05, 0.1) is 0 Å². The predicted molar refractivity (Wildman–Crippen MR) is 117 cm³/mol. The molecule has 2 N–H and O–H groups in total. The van der Waals surface area contributed by atoms with E-state index in [2.05, 4.69) is 13.8 Å². The second-order valence-electron chi connectivity index (χ2n) is 7.31. The molecule has 27 heavy (non-hydrogen) atoms. The Morgan fingerprint density at radius 1 is 0.519 bits per heavy atom. The smallest absolute Gasteiger partial charge is 0.200 e. The minimum absolute atomic E-state index is 0. The Labute approximate surface area is 180 Å². The molecule has 0 saturated carbocycles. The summed E-state index contributed by atoms with van der Waals surface area (Å²) in [7, 11) is -5.46. The molecule has 0 radical (unpaired) electrons. The van der Waals surface area contributed by atoms with Crippen molar-refractivity contribution in [3.8, 4) is 0 Å². The van der Waals surface area contributed by atoms with Crippen LogP contribution in [-0.2, 0) is 26.2 Å². The van der Waals surface area contributed by atoms with E-state index in [9.17, 15) is 18.9 Å². The summed E-state index contributed by atoms with van der Waals surface area (Å²) in [6, 6.07) is 0. The van der Waals surface area contributed by atoms with Gasteiger partial charge in [-0.3, -0.25) is 9.13 Å². The van der Waals surface area contributed by atoms with E-state index < -0.39 is 14.7 Å². The van der Waals surface area contributed by atoms with Gasteiger partial charge >= 0.3 is 0 Å². The monoisotopic (exact) mass is 468 g/mol. The summed E-state index contributed by atoms with van der Waals surface area (Å²) in [6.45, 7) is 7.97. The van der Waals surface area contributed by atoms with Crippen LogP contribution in [0.4, 0.5) is 0 Å². The van der Waals surface area contributed by atoms with E-state index >= 15 is 0 Å². The second kappa shape index (κ2) is 21.6. The molecule has 4 nitrogen and oxygen atoms in total. The maximum Gasteiger partial charge on any atom is 0.200 e. The summed E-state index contributed by atoms with van der Waals surface area (Å²) in [5.41, 5.74) is 0. The topological polar surface area (TPSA) is 74.6 Å². The van der Waals surface area contributed by atoms with Gasteiger partial charge in [-0.1, -0.05) is 91.9 Å². The molecule has 0 bridgehead atoms. The first kappa shape index (κ1) is 32.6. The van der Waals surface area contributed by atoms with Crippen molar-refractivity contribution in [1.29, 1.82) is 0 Å². The van der Waals surface area contributed by atoms with Crippen LogP contribution in [0.3, 0.4) is 0 Å². The van der Waals surface area contributed by atoms with Gasteiger partial charge in [-0.25, -0.2) is 0 Å². The zero-order valence-corrected chi connectivity index (χ0v) is 21.2. The van der Waals surface area contributed by atoms with E-state index in [0.29, 0.717) is 24.6 Å². The van der Waals surface area contributed by atoms with E-state index in [1.807, 2.05) is 0 Å². The Morgan fingerprint density at radius 2 is 0.778 bits per heavy atom. The van der Waals surface area contributed by atoms with Crippen LogP contribution in [0.15, 0.2) is 0 Å². The van der Waals surface area contributed by atoms with Crippen molar-refractivity contribution >= 4 is 14.7 Å². The molecule has 0 aromatic carbocycles. The van der Waals surface area contributed by atoms with E-state index in [1.54, 1.807) is 13.8 Å². The Hall–Kier alpha value is 0.899. The van der Waals surface area contributed by atoms with E-state index in [4.69, 9.17) is 0 Å². The maximum atomic E-state index is 11.2. The predicted octanol–water partition coefficient (Wildman–Crippen LogP) is 7.27. The van der Waals surface area contributed by atoms with Crippen LogP contribution in [0.1, 0.15) is 105 Å². The second-order valence-corrected chi connectivity index (χ2v) is 12.9. The largest absolute Gasteiger partial charge is 0.344 e. The molecule has 0 rings (SSSR count). The summed E-state index contributed by atoms with van der Waals surface area (Å²) in [6.07, 6.45) is 16.1. The van der Waals surface area contributed by atoms with E-state index in [0.717, 1.165) is 25.7 Å². The molecule has 0 heterocycles. The van der Waals surface area contributed by atoms with Gasteiger partial charge < -0.3 is 9.79 Å². The third-order valence-corrected chi connectivity index (χ3v) is 8.72. The van der Waals surface area contributed by atoms with Crippen LogP contribution in [0.5, 0.6) is 0 Å². The summed E-state index contributed by atoms with van der Waals surface area (Å²) in [5.74, 6) is 0. The van der Waals surface area contributed by atoms with Crippen LogP contribution in [0.25, 0.3) is 0 Å². The number of hydrogen-bond donors (Lipinski definition) is 2.